The molecule has 0 fully saturated rings. The molecule has 0 bridgehead atoms. The third-order valence-electron chi connectivity index (χ3n) is 2.78. The summed E-state index contributed by atoms with van der Waals surface area (Å²) in [7, 11) is 0. The Balaban J connectivity index is 1.86. The predicted octanol–water partition coefficient (Wildman–Crippen LogP) is 1.82. The molecule has 0 atom stereocenters. The predicted molar refractivity (Wildman–Crippen MR) is 77.8 cm³/mol. The van der Waals surface area contributed by atoms with Crippen molar-refractivity contribution < 1.29 is 14.3 Å². The molecule has 7 heteroatoms. The van der Waals surface area contributed by atoms with Crippen molar-refractivity contribution in [1.29, 1.82) is 0 Å². The van der Waals surface area contributed by atoms with E-state index in [1.165, 1.54) is 0 Å². The molecule has 0 aliphatic heterocycles. The number of carbonyl (C=O) groups excluding carboxylic acids is 1. The monoisotopic (exact) mass is 309 g/mol. The van der Waals surface area contributed by atoms with Crippen molar-refractivity contribution in [2.45, 2.75) is 19.3 Å². The second-order valence-corrected chi connectivity index (χ2v) is 4.87. The van der Waals surface area contributed by atoms with Crippen LogP contribution in [0.3, 0.4) is 0 Å². The highest BCUT2D eigenvalue weighted by molar-refractivity contribution is 6.30. The summed E-state index contributed by atoms with van der Waals surface area (Å²) in [4.78, 5) is 11.5. The van der Waals surface area contributed by atoms with E-state index in [1.807, 2.05) is 0 Å². The van der Waals surface area contributed by atoms with Gasteiger partial charge in [-0.3, -0.25) is 4.79 Å². The van der Waals surface area contributed by atoms with Crippen molar-refractivity contribution in [1.82, 2.24) is 15.5 Å². The highest BCUT2D eigenvalue weighted by Gasteiger charge is 2.10. The van der Waals surface area contributed by atoms with Crippen molar-refractivity contribution in [2.24, 2.45) is 0 Å². The fraction of sp³-hybridized carbons (Fsp3) is 0.357. The van der Waals surface area contributed by atoms with Crippen LogP contribution in [0.25, 0.3) is 11.5 Å². The minimum Gasteiger partial charge on any atom is -0.421 e. The quantitative estimate of drug-likeness (QED) is 0.762. The summed E-state index contributed by atoms with van der Waals surface area (Å²) >= 11 is 5.81. The number of hydrogen-bond donors (Lipinski definition) is 2. The van der Waals surface area contributed by atoms with Crippen molar-refractivity contribution >= 4 is 17.5 Å². The number of nitrogens with one attached hydrogen (secondary N) is 1. The van der Waals surface area contributed by atoms with Gasteiger partial charge in [-0.05, 0) is 30.7 Å². The lowest BCUT2D eigenvalue weighted by atomic mass is 10.2. The van der Waals surface area contributed by atoms with Crippen LogP contribution in [-0.4, -0.2) is 34.4 Å². The van der Waals surface area contributed by atoms with E-state index in [2.05, 4.69) is 15.5 Å². The molecule has 1 aromatic heterocycles. The first kappa shape index (κ1) is 15.5. The van der Waals surface area contributed by atoms with Crippen LogP contribution in [-0.2, 0) is 11.2 Å². The Morgan fingerprint density at radius 2 is 2.05 bits per heavy atom. The minimum atomic E-state index is -0.102. The first-order chi connectivity index (χ1) is 10.2. The van der Waals surface area contributed by atoms with Crippen molar-refractivity contribution in [2.75, 3.05) is 13.2 Å². The fourth-order valence-corrected chi connectivity index (χ4v) is 1.81. The summed E-state index contributed by atoms with van der Waals surface area (Å²) in [6, 6.07) is 7.08. The summed E-state index contributed by atoms with van der Waals surface area (Å²) in [6.07, 6.45) is 1.20. The van der Waals surface area contributed by atoms with Gasteiger partial charge in [-0.25, -0.2) is 0 Å². The molecule has 112 valence electrons. The smallest absolute Gasteiger partial charge is 0.247 e. The normalized spacial score (nSPS) is 10.6. The Morgan fingerprint density at radius 3 is 2.76 bits per heavy atom. The number of hydrogen-bond acceptors (Lipinski definition) is 5. The van der Waals surface area contributed by atoms with E-state index in [4.69, 9.17) is 21.1 Å². The maximum atomic E-state index is 11.5. The summed E-state index contributed by atoms with van der Waals surface area (Å²) in [5.41, 5.74) is 0.783. The van der Waals surface area contributed by atoms with Crippen molar-refractivity contribution in [3.05, 3.63) is 35.2 Å². The molecule has 2 rings (SSSR count). The molecule has 1 aromatic carbocycles. The molecule has 2 N–H and O–H groups in total. The molecule has 2 aromatic rings. The first-order valence-electron chi connectivity index (χ1n) is 6.65. The lowest BCUT2D eigenvalue weighted by Gasteiger charge is -2.01. The lowest BCUT2D eigenvalue weighted by Crippen LogP contribution is -2.25. The van der Waals surface area contributed by atoms with E-state index in [0.717, 1.165) is 5.56 Å². The largest absolute Gasteiger partial charge is 0.421 e. The van der Waals surface area contributed by atoms with Crippen molar-refractivity contribution in [3.63, 3.8) is 0 Å². The number of benzene rings is 1. The standard InChI is InChI=1S/C14H16ClN3O3/c15-11-4-2-10(3-5-11)14-18-17-13(21-14)7-6-12(20)16-8-1-9-19/h2-5,19H,1,6-9H2,(H,16,20). The van der Waals surface area contributed by atoms with Crippen LogP contribution >= 0.6 is 11.6 Å². The maximum absolute atomic E-state index is 11.5. The number of halogens is 1. The van der Waals surface area contributed by atoms with Gasteiger partial charge in [0.25, 0.3) is 0 Å². The first-order valence-corrected chi connectivity index (χ1v) is 7.02. The highest BCUT2D eigenvalue weighted by atomic mass is 35.5. The third-order valence-corrected chi connectivity index (χ3v) is 3.03. The zero-order valence-corrected chi connectivity index (χ0v) is 12.1. The molecule has 0 radical (unpaired) electrons. The molecule has 21 heavy (non-hydrogen) atoms. The highest BCUT2D eigenvalue weighted by Crippen LogP contribution is 2.20. The van der Waals surface area contributed by atoms with Gasteiger partial charge in [-0.2, -0.15) is 0 Å². The second kappa shape index (κ2) is 7.75. The van der Waals surface area contributed by atoms with E-state index in [-0.39, 0.29) is 18.9 Å². The van der Waals surface area contributed by atoms with E-state index in [9.17, 15) is 4.79 Å². The molecule has 0 unspecified atom stereocenters. The average molecular weight is 310 g/mol. The van der Waals surface area contributed by atoms with Crippen LogP contribution in [0.5, 0.6) is 0 Å². The maximum Gasteiger partial charge on any atom is 0.247 e. The SMILES string of the molecule is O=C(CCc1nnc(-c2ccc(Cl)cc2)o1)NCCCO. The van der Waals surface area contributed by atoms with Gasteiger partial charge in [0.05, 0.1) is 0 Å². The minimum absolute atomic E-state index is 0.0639. The van der Waals surface area contributed by atoms with Gasteiger partial charge in [0.15, 0.2) is 0 Å². The van der Waals surface area contributed by atoms with E-state index < -0.39 is 0 Å². The molecule has 0 saturated carbocycles. The Labute approximate surface area is 127 Å². The second-order valence-electron chi connectivity index (χ2n) is 4.43. The van der Waals surface area contributed by atoms with E-state index >= 15 is 0 Å². The van der Waals surface area contributed by atoms with Gasteiger partial charge in [0, 0.05) is 36.6 Å². The topological polar surface area (TPSA) is 88.2 Å². The summed E-state index contributed by atoms with van der Waals surface area (Å²) in [5.74, 6) is 0.717. The Kier molecular flexibility index (Phi) is 5.71. The number of aliphatic hydroxyl groups is 1. The lowest BCUT2D eigenvalue weighted by molar-refractivity contribution is -0.121. The number of amides is 1. The summed E-state index contributed by atoms with van der Waals surface area (Å²) in [5, 5.41) is 19.8. The van der Waals surface area contributed by atoms with Crippen molar-refractivity contribution in [3.8, 4) is 11.5 Å². The molecular weight excluding hydrogens is 294 g/mol. The van der Waals surface area contributed by atoms with E-state index in [1.54, 1.807) is 24.3 Å². The molecule has 6 nitrogen and oxygen atoms in total. The number of rotatable bonds is 7. The van der Waals surface area contributed by atoms with Crippen LogP contribution in [0, 0.1) is 0 Å². The number of aryl methyl sites for hydroxylation is 1. The van der Waals surface area contributed by atoms with Crippen LogP contribution in [0.2, 0.25) is 5.02 Å². The fourth-order valence-electron chi connectivity index (χ4n) is 1.68. The molecule has 0 aliphatic rings. The van der Waals surface area contributed by atoms with Crippen LogP contribution in [0.4, 0.5) is 0 Å². The number of nitrogens with zero attached hydrogens (tertiary/aromatic N) is 2. The van der Waals surface area contributed by atoms with Gasteiger partial charge in [0.1, 0.15) is 0 Å². The van der Waals surface area contributed by atoms with Crippen LogP contribution in [0.15, 0.2) is 28.7 Å². The zero-order chi connectivity index (χ0) is 15.1. The molecule has 0 spiro atoms. The molecule has 1 heterocycles. The van der Waals surface area contributed by atoms with E-state index in [0.29, 0.717) is 36.2 Å². The van der Waals surface area contributed by atoms with Gasteiger partial charge >= 0.3 is 0 Å². The number of aliphatic hydroxyl groups excluding tert-OH is 1. The Hall–Kier alpha value is -1.92. The van der Waals surface area contributed by atoms with Gasteiger partial charge in [0.2, 0.25) is 17.7 Å². The number of carbonyl (C=O) groups is 1. The summed E-state index contributed by atoms with van der Waals surface area (Å²) < 4.78 is 5.50. The molecule has 1 amide bonds. The van der Waals surface area contributed by atoms with Crippen LogP contribution in [0.1, 0.15) is 18.7 Å². The average Bonchev–Trinajstić information content (AvgIpc) is 2.95. The number of aromatic nitrogens is 2. The van der Waals surface area contributed by atoms with Gasteiger partial charge in [-0.1, -0.05) is 11.6 Å². The molecular formula is C14H16ClN3O3. The molecule has 0 aliphatic carbocycles. The third kappa shape index (κ3) is 4.84. The Bertz CT molecular complexity index is 583. The zero-order valence-electron chi connectivity index (χ0n) is 11.4. The molecule has 0 saturated heterocycles. The Morgan fingerprint density at radius 1 is 1.29 bits per heavy atom. The summed E-state index contributed by atoms with van der Waals surface area (Å²) in [6.45, 7) is 0.531. The van der Waals surface area contributed by atoms with Gasteiger partial charge in [-0.15, -0.1) is 10.2 Å². The van der Waals surface area contributed by atoms with Gasteiger partial charge < -0.3 is 14.8 Å². The van der Waals surface area contributed by atoms with Crippen LogP contribution < -0.4 is 5.32 Å².